The van der Waals surface area contributed by atoms with Gasteiger partial charge >= 0.3 is 0 Å². The molecule has 2 aromatic carbocycles. The molecular formula is C24H31N3O4S. The predicted molar refractivity (Wildman–Crippen MR) is 127 cm³/mol. The van der Waals surface area contributed by atoms with E-state index in [0.717, 1.165) is 22.4 Å². The average molecular weight is 458 g/mol. The Morgan fingerprint density at radius 3 is 2.38 bits per heavy atom. The van der Waals surface area contributed by atoms with Crippen molar-refractivity contribution in [2.75, 3.05) is 29.9 Å². The van der Waals surface area contributed by atoms with Crippen LogP contribution in [0.1, 0.15) is 54.2 Å². The highest BCUT2D eigenvalue weighted by atomic mass is 32.2. The van der Waals surface area contributed by atoms with Crippen molar-refractivity contribution in [1.29, 1.82) is 0 Å². The zero-order valence-electron chi connectivity index (χ0n) is 19.4. The van der Waals surface area contributed by atoms with Gasteiger partial charge in [0.25, 0.3) is 5.91 Å². The van der Waals surface area contributed by atoms with E-state index in [1.54, 1.807) is 30.9 Å². The number of benzene rings is 2. The summed E-state index contributed by atoms with van der Waals surface area (Å²) in [4.78, 5) is 27.0. The van der Waals surface area contributed by atoms with E-state index in [-0.39, 0.29) is 16.7 Å². The molecule has 0 aromatic heterocycles. The van der Waals surface area contributed by atoms with Crippen LogP contribution in [0.25, 0.3) is 0 Å². The number of nitrogens with zero attached hydrogens (tertiary/aromatic N) is 2. The number of fused-ring (bicyclic) bond motifs is 1. The molecular weight excluding hydrogens is 426 g/mol. The normalized spacial score (nSPS) is 13.4. The Labute approximate surface area is 190 Å². The maximum absolute atomic E-state index is 13.0. The summed E-state index contributed by atoms with van der Waals surface area (Å²) in [6.07, 6.45) is 1.14. The molecule has 0 spiro atoms. The molecule has 0 unspecified atom stereocenters. The van der Waals surface area contributed by atoms with Crippen LogP contribution in [0, 0.1) is 13.8 Å². The van der Waals surface area contributed by atoms with Crippen molar-refractivity contribution < 1.29 is 18.0 Å². The van der Waals surface area contributed by atoms with Gasteiger partial charge in [-0.2, -0.15) is 4.31 Å². The maximum atomic E-state index is 13.0. The highest BCUT2D eigenvalue weighted by Gasteiger charge is 2.26. The van der Waals surface area contributed by atoms with E-state index in [0.29, 0.717) is 43.7 Å². The average Bonchev–Trinajstić information content (AvgIpc) is 3.20. The molecule has 2 aromatic rings. The first-order valence-corrected chi connectivity index (χ1v) is 12.4. The minimum Gasteiger partial charge on any atom is -0.322 e. The first-order chi connectivity index (χ1) is 15.1. The van der Waals surface area contributed by atoms with Crippen molar-refractivity contribution >= 4 is 33.2 Å². The van der Waals surface area contributed by atoms with Gasteiger partial charge in [-0.1, -0.05) is 20.8 Å². The summed E-state index contributed by atoms with van der Waals surface area (Å²) in [5.74, 6) is -0.244. The van der Waals surface area contributed by atoms with Crippen LogP contribution in [0.2, 0.25) is 0 Å². The van der Waals surface area contributed by atoms with Gasteiger partial charge in [0.1, 0.15) is 0 Å². The number of aryl methyl sites for hydroxylation is 1. The van der Waals surface area contributed by atoms with Crippen molar-refractivity contribution in [3.63, 3.8) is 0 Å². The van der Waals surface area contributed by atoms with Crippen molar-refractivity contribution in [1.82, 2.24) is 4.31 Å². The number of rotatable bonds is 7. The molecule has 7 nitrogen and oxygen atoms in total. The summed E-state index contributed by atoms with van der Waals surface area (Å²) >= 11 is 0. The predicted octanol–water partition coefficient (Wildman–Crippen LogP) is 3.89. The number of nitrogens with one attached hydrogen (secondary N) is 1. The second kappa shape index (κ2) is 9.42. The number of anilines is 2. The third-order valence-electron chi connectivity index (χ3n) is 6.07. The minimum absolute atomic E-state index is 0.0679. The van der Waals surface area contributed by atoms with E-state index in [1.807, 2.05) is 32.9 Å². The summed E-state index contributed by atoms with van der Waals surface area (Å²) in [5.41, 5.74) is 4.37. The fourth-order valence-corrected chi connectivity index (χ4v) is 5.58. The Morgan fingerprint density at radius 1 is 1.06 bits per heavy atom. The molecule has 3 rings (SSSR count). The van der Waals surface area contributed by atoms with Crippen molar-refractivity contribution in [3.05, 3.63) is 52.6 Å². The molecule has 0 fully saturated rings. The van der Waals surface area contributed by atoms with Gasteiger partial charge in [0.05, 0.1) is 4.90 Å². The number of amides is 2. The van der Waals surface area contributed by atoms with E-state index < -0.39 is 10.0 Å². The molecule has 1 aliphatic heterocycles. The smallest absolute Gasteiger partial charge is 0.255 e. The van der Waals surface area contributed by atoms with E-state index in [2.05, 4.69) is 5.32 Å². The van der Waals surface area contributed by atoms with Crippen molar-refractivity contribution in [2.45, 2.75) is 52.4 Å². The van der Waals surface area contributed by atoms with E-state index in [4.69, 9.17) is 0 Å². The van der Waals surface area contributed by atoms with Gasteiger partial charge in [0, 0.05) is 43.0 Å². The SMILES string of the molecule is CCC(=O)N1CCc2cc(C(=O)Nc3cc(S(=O)(=O)N(CC)CC)cc(C)c3C)ccc21. The number of carbonyl (C=O) groups is 2. The highest BCUT2D eigenvalue weighted by molar-refractivity contribution is 7.89. The second-order valence-corrected chi connectivity index (χ2v) is 9.89. The number of sulfonamides is 1. The van der Waals surface area contributed by atoms with Gasteiger partial charge < -0.3 is 10.2 Å². The molecule has 32 heavy (non-hydrogen) atoms. The van der Waals surface area contributed by atoms with Crippen LogP contribution in [0.15, 0.2) is 35.2 Å². The molecule has 8 heteroatoms. The van der Waals surface area contributed by atoms with Gasteiger partial charge in [-0.25, -0.2) is 8.42 Å². The summed E-state index contributed by atoms with van der Waals surface area (Å²) in [5, 5.41) is 2.89. The molecule has 0 saturated heterocycles. The zero-order chi connectivity index (χ0) is 23.6. The Kier molecular flexibility index (Phi) is 7.05. The summed E-state index contributed by atoms with van der Waals surface area (Å²) in [6.45, 7) is 10.5. The van der Waals surface area contributed by atoms with E-state index in [9.17, 15) is 18.0 Å². The lowest BCUT2D eigenvalue weighted by molar-refractivity contribution is -0.118. The Hall–Kier alpha value is -2.71. The van der Waals surface area contributed by atoms with Crippen molar-refractivity contribution in [2.24, 2.45) is 0 Å². The number of carbonyl (C=O) groups excluding carboxylic acids is 2. The van der Waals surface area contributed by atoms with Gasteiger partial charge in [0.15, 0.2) is 0 Å². The lowest BCUT2D eigenvalue weighted by atomic mass is 10.1. The Balaban J connectivity index is 1.90. The summed E-state index contributed by atoms with van der Waals surface area (Å²) in [7, 11) is -3.64. The molecule has 0 atom stereocenters. The molecule has 1 N–H and O–H groups in total. The summed E-state index contributed by atoms with van der Waals surface area (Å²) in [6, 6.07) is 8.50. The van der Waals surface area contributed by atoms with Crippen LogP contribution >= 0.6 is 0 Å². The molecule has 0 radical (unpaired) electrons. The van der Waals surface area contributed by atoms with Crippen LogP contribution in [0.4, 0.5) is 11.4 Å². The Morgan fingerprint density at radius 2 is 1.75 bits per heavy atom. The first-order valence-electron chi connectivity index (χ1n) is 11.0. The number of hydrogen-bond acceptors (Lipinski definition) is 4. The third kappa shape index (κ3) is 4.42. The molecule has 2 amide bonds. The van der Waals surface area contributed by atoms with E-state index in [1.165, 1.54) is 10.4 Å². The van der Waals surface area contributed by atoms with Gasteiger partial charge in [0.2, 0.25) is 15.9 Å². The molecule has 1 heterocycles. The minimum atomic E-state index is -3.64. The van der Waals surface area contributed by atoms with Crippen LogP contribution in [-0.4, -0.2) is 44.2 Å². The molecule has 1 aliphatic rings. The van der Waals surface area contributed by atoms with Crippen LogP contribution in [0.3, 0.4) is 0 Å². The molecule has 172 valence electrons. The van der Waals surface area contributed by atoms with Gasteiger partial charge in [-0.3, -0.25) is 9.59 Å². The van der Waals surface area contributed by atoms with Gasteiger partial charge in [-0.15, -0.1) is 0 Å². The first kappa shape index (κ1) is 23.9. The lowest BCUT2D eigenvalue weighted by Gasteiger charge is -2.20. The molecule has 0 bridgehead atoms. The number of hydrogen-bond donors (Lipinski definition) is 1. The zero-order valence-corrected chi connectivity index (χ0v) is 20.2. The van der Waals surface area contributed by atoms with Crippen LogP contribution in [-0.2, 0) is 21.2 Å². The lowest BCUT2D eigenvalue weighted by Crippen LogP contribution is -2.30. The van der Waals surface area contributed by atoms with Crippen LogP contribution < -0.4 is 10.2 Å². The largest absolute Gasteiger partial charge is 0.322 e. The fourth-order valence-electron chi connectivity index (χ4n) is 4.01. The van der Waals surface area contributed by atoms with Gasteiger partial charge in [-0.05, 0) is 67.3 Å². The second-order valence-electron chi connectivity index (χ2n) is 7.95. The van der Waals surface area contributed by atoms with Crippen molar-refractivity contribution in [3.8, 4) is 0 Å². The van der Waals surface area contributed by atoms with Crippen LogP contribution in [0.5, 0.6) is 0 Å². The summed E-state index contributed by atoms with van der Waals surface area (Å²) < 4.78 is 27.4. The maximum Gasteiger partial charge on any atom is 0.255 e. The fraction of sp³-hybridized carbons (Fsp3) is 0.417. The Bertz CT molecular complexity index is 1150. The quantitative estimate of drug-likeness (QED) is 0.683. The highest BCUT2D eigenvalue weighted by Crippen LogP contribution is 2.31. The van der Waals surface area contributed by atoms with E-state index >= 15 is 0 Å². The third-order valence-corrected chi connectivity index (χ3v) is 8.10. The monoisotopic (exact) mass is 457 g/mol. The standard InChI is InChI=1S/C24H31N3O4S/c1-6-23(28)27-12-11-18-14-19(9-10-22(18)27)24(29)25-21-15-20(13-16(4)17(21)5)32(30,31)26(7-2)8-3/h9-10,13-15H,6-8,11-12H2,1-5H3,(H,25,29). The topological polar surface area (TPSA) is 86.8 Å². The molecule has 0 aliphatic carbocycles. The molecule has 0 saturated carbocycles.